The number of hydrogen-bond donors (Lipinski definition) is 1. The second kappa shape index (κ2) is 12.2. The minimum absolute atomic E-state index is 0.0128. The molecule has 1 fully saturated rings. The van der Waals surface area contributed by atoms with Gasteiger partial charge in [0.1, 0.15) is 6.33 Å². The normalized spacial score (nSPS) is 19.1. The molecule has 8 nitrogen and oxygen atoms in total. The van der Waals surface area contributed by atoms with E-state index in [1.165, 1.54) is 6.33 Å². The topological polar surface area (TPSA) is 105 Å². The fourth-order valence-corrected chi connectivity index (χ4v) is 6.29. The van der Waals surface area contributed by atoms with Crippen molar-refractivity contribution < 1.29 is 9.84 Å². The molecule has 1 aliphatic carbocycles. The smallest absolute Gasteiger partial charge is 0.259 e. The molecule has 0 spiro atoms. The number of nitriles is 1. The van der Waals surface area contributed by atoms with Crippen molar-refractivity contribution in [3.63, 3.8) is 0 Å². The van der Waals surface area contributed by atoms with Gasteiger partial charge >= 0.3 is 0 Å². The number of rotatable bonds is 10. The molecule has 1 N–H and O–H groups in total. The molecule has 5 rings (SSSR count). The standard InChI is InChI=1S/C32H37N5O3/c1-3-8-29-28(20-23-11-12-27(25(19-23)21-33)24-9-5-4-6-10-24)30(39)36(31-34-22-35-37(29)31)26-13-16-32(40-2,17-14-26)15-7-18-38/h4-6,9-12,19,22,26,38H,3,7-8,13-18,20H2,1-2H3. The van der Waals surface area contributed by atoms with E-state index in [2.05, 4.69) is 23.1 Å². The molecule has 1 saturated carbocycles. The number of aliphatic hydroxyl groups is 1. The lowest BCUT2D eigenvalue weighted by Crippen LogP contribution is -2.40. The van der Waals surface area contributed by atoms with Crippen molar-refractivity contribution in [2.45, 2.75) is 76.4 Å². The van der Waals surface area contributed by atoms with Gasteiger partial charge in [0.05, 0.1) is 22.9 Å². The fourth-order valence-electron chi connectivity index (χ4n) is 6.29. The van der Waals surface area contributed by atoms with Gasteiger partial charge in [-0.3, -0.25) is 9.36 Å². The molecule has 4 aromatic rings. The molecule has 0 amide bonds. The van der Waals surface area contributed by atoms with Crippen molar-refractivity contribution in [3.05, 3.63) is 87.6 Å². The summed E-state index contributed by atoms with van der Waals surface area (Å²) in [4.78, 5) is 18.8. The van der Waals surface area contributed by atoms with Crippen LogP contribution in [0.15, 0.2) is 59.7 Å². The average Bonchev–Trinajstić information content (AvgIpc) is 3.48. The summed E-state index contributed by atoms with van der Waals surface area (Å²) in [5.41, 5.74) is 4.69. The van der Waals surface area contributed by atoms with Crippen LogP contribution in [0.25, 0.3) is 16.9 Å². The summed E-state index contributed by atoms with van der Waals surface area (Å²) in [5.74, 6) is 0.583. The molecule has 8 heteroatoms. The number of ether oxygens (including phenoxy) is 1. The maximum atomic E-state index is 14.3. The van der Waals surface area contributed by atoms with Gasteiger partial charge in [0, 0.05) is 31.7 Å². The first kappa shape index (κ1) is 27.8. The summed E-state index contributed by atoms with van der Waals surface area (Å²) in [5, 5.41) is 23.9. The van der Waals surface area contributed by atoms with E-state index in [1.54, 1.807) is 7.11 Å². The Bertz CT molecular complexity index is 1560. The minimum atomic E-state index is -0.258. The van der Waals surface area contributed by atoms with E-state index in [4.69, 9.17) is 4.74 Å². The summed E-state index contributed by atoms with van der Waals surface area (Å²) >= 11 is 0. The van der Waals surface area contributed by atoms with E-state index in [0.717, 1.165) is 60.9 Å². The van der Waals surface area contributed by atoms with Crippen LogP contribution >= 0.6 is 0 Å². The second-order valence-corrected chi connectivity index (χ2v) is 10.8. The van der Waals surface area contributed by atoms with Gasteiger partial charge < -0.3 is 9.84 Å². The van der Waals surface area contributed by atoms with E-state index in [9.17, 15) is 15.2 Å². The largest absolute Gasteiger partial charge is 0.396 e. The van der Waals surface area contributed by atoms with E-state index in [-0.39, 0.29) is 23.8 Å². The Hall–Kier alpha value is -3.80. The molecule has 0 saturated heterocycles. The van der Waals surface area contributed by atoms with E-state index >= 15 is 0 Å². The molecule has 0 aliphatic heterocycles. The summed E-state index contributed by atoms with van der Waals surface area (Å²) in [6.07, 6.45) is 8.25. The molecule has 2 heterocycles. The lowest BCUT2D eigenvalue weighted by atomic mass is 9.79. The molecular weight excluding hydrogens is 502 g/mol. The van der Waals surface area contributed by atoms with Crippen molar-refractivity contribution in [2.24, 2.45) is 0 Å². The zero-order chi connectivity index (χ0) is 28.1. The molecule has 208 valence electrons. The highest BCUT2D eigenvalue weighted by Gasteiger charge is 2.37. The number of benzene rings is 2. The number of methoxy groups -OCH3 is 1. The van der Waals surface area contributed by atoms with Gasteiger partial charge in [0.25, 0.3) is 5.56 Å². The third-order valence-corrected chi connectivity index (χ3v) is 8.44. The zero-order valence-corrected chi connectivity index (χ0v) is 23.3. The van der Waals surface area contributed by atoms with Crippen LogP contribution in [-0.2, 0) is 17.6 Å². The van der Waals surface area contributed by atoms with Crippen molar-refractivity contribution in [1.29, 1.82) is 5.26 Å². The number of aromatic nitrogens is 4. The third kappa shape index (κ3) is 5.32. The summed E-state index contributed by atoms with van der Waals surface area (Å²) in [6.45, 7) is 2.24. The number of nitrogens with zero attached hydrogens (tertiary/aromatic N) is 5. The van der Waals surface area contributed by atoms with Crippen LogP contribution in [0.3, 0.4) is 0 Å². The monoisotopic (exact) mass is 539 g/mol. The van der Waals surface area contributed by atoms with Gasteiger partial charge in [-0.2, -0.15) is 15.3 Å². The summed E-state index contributed by atoms with van der Waals surface area (Å²) < 4.78 is 9.61. The Kier molecular flexibility index (Phi) is 8.43. The Labute approximate surface area is 234 Å². The van der Waals surface area contributed by atoms with E-state index < -0.39 is 0 Å². The fraction of sp³-hybridized carbons (Fsp3) is 0.438. The number of fused-ring (bicyclic) bond motifs is 1. The summed E-state index contributed by atoms with van der Waals surface area (Å²) in [7, 11) is 1.75. The Morgan fingerprint density at radius 2 is 1.95 bits per heavy atom. The average molecular weight is 540 g/mol. The lowest BCUT2D eigenvalue weighted by Gasteiger charge is -2.39. The molecule has 0 bridgehead atoms. The lowest BCUT2D eigenvalue weighted by molar-refractivity contribution is -0.0569. The van der Waals surface area contributed by atoms with Crippen LogP contribution in [0.4, 0.5) is 0 Å². The van der Waals surface area contributed by atoms with Gasteiger partial charge in [-0.1, -0.05) is 55.8 Å². The highest BCUT2D eigenvalue weighted by Crippen LogP contribution is 2.40. The Morgan fingerprint density at radius 3 is 2.62 bits per heavy atom. The molecule has 0 atom stereocenters. The number of aryl methyl sites for hydroxylation is 1. The summed E-state index contributed by atoms with van der Waals surface area (Å²) in [6, 6.07) is 18.1. The van der Waals surface area contributed by atoms with Gasteiger partial charge in [-0.15, -0.1) is 0 Å². The number of hydrogen-bond acceptors (Lipinski definition) is 6. The molecule has 2 aromatic carbocycles. The molecular formula is C32H37N5O3. The molecule has 40 heavy (non-hydrogen) atoms. The quantitative estimate of drug-likeness (QED) is 0.295. The Morgan fingerprint density at radius 1 is 1.18 bits per heavy atom. The first-order valence-electron chi connectivity index (χ1n) is 14.2. The molecule has 0 radical (unpaired) electrons. The molecule has 1 aliphatic rings. The minimum Gasteiger partial charge on any atom is -0.396 e. The van der Waals surface area contributed by atoms with Gasteiger partial charge in [-0.25, -0.2) is 4.52 Å². The number of aliphatic hydroxyl groups excluding tert-OH is 1. The Balaban J connectivity index is 1.54. The predicted octanol–water partition coefficient (Wildman–Crippen LogP) is 5.25. The molecule has 2 aromatic heterocycles. The van der Waals surface area contributed by atoms with E-state index in [0.29, 0.717) is 36.2 Å². The van der Waals surface area contributed by atoms with Crippen LogP contribution in [0, 0.1) is 11.3 Å². The highest BCUT2D eigenvalue weighted by molar-refractivity contribution is 5.71. The van der Waals surface area contributed by atoms with Crippen LogP contribution in [0.5, 0.6) is 0 Å². The van der Waals surface area contributed by atoms with E-state index in [1.807, 2.05) is 57.6 Å². The maximum Gasteiger partial charge on any atom is 0.259 e. The first-order chi connectivity index (χ1) is 19.5. The molecule has 0 unspecified atom stereocenters. The van der Waals surface area contributed by atoms with Crippen LogP contribution in [0.1, 0.15) is 80.3 Å². The maximum absolute atomic E-state index is 14.3. The van der Waals surface area contributed by atoms with Crippen molar-refractivity contribution in [1.82, 2.24) is 19.2 Å². The zero-order valence-electron chi connectivity index (χ0n) is 23.3. The second-order valence-electron chi connectivity index (χ2n) is 10.8. The van der Waals surface area contributed by atoms with Crippen LogP contribution < -0.4 is 5.56 Å². The van der Waals surface area contributed by atoms with Crippen molar-refractivity contribution >= 4 is 5.78 Å². The van der Waals surface area contributed by atoms with Gasteiger partial charge in [0.2, 0.25) is 5.78 Å². The highest BCUT2D eigenvalue weighted by atomic mass is 16.5. The predicted molar refractivity (Wildman–Crippen MR) is 154 cm³/mol. The van der Waals surface area contributed by atoms with Crippen molar-refractivity contribution in [2.75, 3.05) is 13.7 Å². The van der Waals surface area contributed by atoms with Crippen LogP contribution in [-0.4, -0.2) is 43.6 Å². The van der Waals surface area contributed by atoms with Gasteiger partial charge in [-0.05, 0) is 67.7 Å². The first-order valence-corrected chi connectivity index (χ1v) is 14.2. The SMILES string of the molecule is CCCc1c(Cc2ccc(-c3ccccc3)c(C#N)c2)c(=O)n(C2CCC(CCCO)(OC)CC2)c2ncnn12. The third-order valence-electron chi connectivity index (χ3n) is 8.44. The van der Waals surface area contributed by atoms with Crippen LogP contribution in [0.2, 0.25) is 0 Å². The van der Waals surface area contributed by atoms with Crippen molar-refractivity contribution in [3.8, 4) is 17.2 Å². The van der Waals surface area contributed by atoms with Gasteiger partial charge in [0.15, 0.2) is 0 Å².